The van der Waals surface area contributed by atoms with Gasteiger partial charge in [-0.1, -0.05) is 30.3 Å². The molecule has 168 valence electrons. The summed E-state index contributed by atoms with van der Waals surface area (Å²) in [6, 6.07) is 16.2. The minimum atomic E-state index is 0.0739. The van der Waals surface area contributed by atoms with Crippen molar-refractivity contribution in [2.45, 2.75) is 25.4 Å². The maximum absolute atomic E-state index is 13.1. The van der Waals surface area contributed by atoms with Gasteiger partial charge in [0.15, 0.2) is 0 Å². The van der Waals surface area contributed by atoms with Gasteiger partial charge in [0.2, 0.25) is 5.95 Å². The second-order valence-electron chi connectivity index (χ2n) is 8.82. The molecule has 2 aliphatic rings. The summed E-state index contributed by atoms with van der Waals surface area (Å²) in [5, 5.41) is 3.28. The van der Waals surface area contributed by atoms with E-state index in [2.05, 4.69) is 40.4 Å². The molecule has 0 bridgehead atoms. The van der Waals surface area contributed by atoms with Crippen LogP contribution in [-0.4, -0.2) is 65.1 Å². The number of hydrogen-bond donors (Lipinski definition) is 1. The number of anilines is 2. The first-order valence-corrected chi connectivity index (χ1v) is 11.4. The molecular formula is C26H28N6O. The van der Waals surface area contributed by atoms with E-state index in [9.17, 15) is 4.79 Å². The molecule has 0 saturated carbocycles. The van der Waals surface area contributed by atoms with Crippen molar-refractivity contribution in [3.05, 3.63) is 71.4 Å². The summed E-state index contributed by atoms with van der Waals surface area (Å²) >= 11 is 0. The van der Waals surface area contributed by atoms with Gasteiger partial charge in [0.05, 0.1) is 12.2 Å². The quantitative estimate of drug-likeness (QED) is 0.664. The van der Waals surface area contributed by atoms with Crippen LogP contribution >= 0.6 is 0 Å². The summed E-state index contributed by atoms with van der Waals surface area (Å²) in [5.41, 5.74) is 5.44. The van der Waals surface area contributed by atoms with Crippen LogP contribution in [0.15, 0.2) is 59.7 Å². The largest absolute Gasteiger partial charge is 0.339 e. The average molecular weight is 441 g/mol. The second kappa shape index (κ2) is 9.11. The molecule has 33 heavy (non-hydrogen) atoms. The minimum Gasteiger partial charge on any atom is -0.339 e. The number of carbonyl (C=O) groups excluding carboxylic acids is 1. The maximum Gasteiger partial charge on any atom is 0.253 e. The van der Waals surface area contributed by atoms with Crippen LogP contribution in [0, 0.1) is 0 Å². The van der Waals surface area contributed by atoms with Crippen molar-refractivity contribution in [2.75, 3.05) is 32.5 Å². The third kappa shape index (κ3) is 4.50. The Morgan fingerprint density at radius 3 is 2.73 bits per heavy atom. The molecule has 1 saturated heterocycles. The zero-order valence-electron chi connectivity index (χ0n) is 19.0. The van der Waals surface area contributed by atoms with E-state index in [1.807, 2.05) is 59.8 Å². The molecule has 3 heterocycles. The third-order valence-electron chi connectivity index (χ3n) is 6.42. The fraction of sp³-hybridized carbons (Fsp3) is 0.308. The highest BCUT2D eigenvalue weighted by atomic mass is 16.2. The molecule has 2 aliphatic heterocycles. The molecule has 1 aromatic heterocycles. The highest BCUT2D eigenvalue weighted by Crippen LogP contribution is 2.29. The van der Waals surface area contributed by atoms with Gasteiger partial charge < -0.3 is 15.1 Å². The topological polar surface area (TPSA) is 73.7 Å². The molecule has 1 fully saturated rings. The normalized spacial score (nSPS) is 15.7. The summed E-state index contributed by atoms with van der Waals surface area (Å²) in [5.74, 6) is 0.576. The first-order valence-electron chi connectivity index (χ1n) is 11.4. The standard InChI is InChI=1S/C26H28N6O/c1-31(2)22-10-12-32(13-11-22)25(33)18-7-5-8-21(14-18)29-26-28-17-20-16-27-15-19-6-3-4-9-23(19)24(20)30-26/h3-9,14-15,17,22H,10-13,16H2,1-2H3,(H,28,29,30). The Bertz CT molecular complexity index is 1200. The lowest BCUT2D eigenvalue weighted by atomic mass is 10.0. The number of carbonyl (C=O) groups is 1. The van der Waals surface area contributed by atoms with E-state index >= 15 is 0 Å². The van der Waals surface area contributed by atoms with E-state index < -0.39 is 0 Å². The molecule has 0 unspecified atom stereocenters. The zero-order chi connectivity index (χ0) is 22.8. The molecule has 0 atom stereocenters. The van der Waals surface area contributed by atoms with Crippen molar-refractivity contribution in [3.8, 4) is 11.3 Å². The number of piperidine rings is 1. The third-order valence-corrected chi connectivity index (χ3v) is 6.42. The van der Waals surface area contributed by atoms with Crippen LogP contribution < -0.4 is 5.32 Å². The van der Waals surface area contributed by atoms with Crippen LogP contribution in [0.1, 0.15) is 34.3 Å². The van der Waals surface area contributed by atoms with Gasteiger partial charge in [0, 0.05) is 59.5 Å². The number of nitrogens with zero attached hydrogens (tertiary/aromatic N) is 5. The predicted molar refractivity (Wildman–Crippen MR) is 131 cm³/mol. The van der Waals surface area contributed by atoms with Gasteiger partial charge in [-0.25, -0.2) is 9.97 Å². The average Bonchev–Trinajstić information content (AvgIpc) is 3.03. The fourth-order valence-electron chi connectivity index (χ4n) is 4.51. The molecular weight excluding hydrogens is 412 g/mol. The van der Waals surface area contributed by atoms with E-state index in [-0.39, 0.29) is 5.91 Å². The van der Waals surface area contributed by atoms with Crippen LogP contribution in [0.2, 0.25) is 0 Å². The van der Waals surface area contributed by atoms with Crippen LogP contribution in [0.4, 0.5) is 11.6 Å². The van der Waals surface area contributed by atoms with Gasteiger partial charge in [0.1, 0.15) is 0 Å². The Hall–Kier alpha value is -3.58. The number of hydrogen-bond acceptors (Lipinski definition) is 6. The Balaban J connectivity index is 1.34. The number of nitrogens with one attached hydrogen (secondary N) is 1. The Kier molecular flexibility index (Phi) is 5.88. The number of aliphatic imine (C=N–C) groups is 1. The van der Waals surface area contributed by atoms with E-state index in [0.29, 0.717) is 24.1 Å². The molecule has 2 aromatic carbocycles. The van der Waals surface area contributed by atoms with Gasteiger partial charge in [-0.3, -0.25) is 9.79 Å². The summed E-state index contributed by atoms with van der Waals surface area (Å²) in [6.45, 7) is 2.13. The molecule has 0 spiro atoms. The van der Waals surface area contributed by atoms with Gasteiger partial charge in [0.25, 0.3) is 5.91 Å². The Morgan fingerprint density at radius 1 is 1.09 bits per heavy atom. The van der Waals surface area contributed by atoms with Crippen molar-refractivity contribution in [1.29, 1.82) is 0 Å². The lowest BCUT2D eigenvalue weighted by molar-refractivity contribution is 0.0663. The van der Waals surface area contributed by atoms with Crippen LogP contribution in [0.25, 0.3) is 11.3 Å². The molecule has 0 aliphatic carbocycles. The van der Waals surface area contributed by atoms with E-state index in [4.69, 9.17) is 4.98 Å². The molecule has 1 N–H and O–H groups in total. The van der Waals surface area contributed by atoms with Gasteiger partial charge >= 0.3 is 0 Å². The monoisotopic (exact) mass is 440 g/mol. The number of fused-ring (bicyclic) bond motifs is 3. The maximum atomic E-state index is 13.1. The summed E-state index contributed by atoms with van der Waals surface area (Å²) in [4.78, 5) is 31.1. The Morgan fingerprint density at radius 2 is 1.91 bits per heavy atom. The van der Waals surface area contributed by atoms with Gasteiger partial charge in [-0.05, 0) is 45.1 Å². The number of amides is 1. The van der Waals surface area contributed by atoms with Gasteiger partial charge in [-0.15, -0.1) is 0 Å². The first kappa shape index (κ1) is 21.3. The smallest absolute Gasteiger partial charge is 0.253 e. The summed E-state index contributed by atoms with van der Waals surface area (Å²) in [6.07, 6.45) is 5.73. The van der Waals surface area contributed by atoms with Crippen molar-refractivity contribution >= 4 is 23.8 Å². The van der Waals surface area contributed by atoms with Crippen molar-refractivity contribution in [2.24, 2.45) is 4.99 Å². The molecule has 3 aromatic rings. The van der Waals surface area contributed by atoms with Crippen LogP contribution in [-0.2, 0) is 6.54 Å². The number of benzene rings is 2. The summed E-state index contributed by atoms with van der Waals surface area (Å²) in [7, 11) is 4.21. The highest BCUT2D eigenvalue weighted by molar-refractivity contribution is 5.95. The molecule has 5 rings (SSSR count). The van der Waals surface area contributed by atoms with Crippen LogP contribution in [0.3, 0.4) is 0 Å². The lowest BCUT2D eigenvalue weighted by Gasteiger charge is -2.35. The Labute approximate surface area is 194 Å². The molecule has 0 radical (unpaired) electrons. The molecule has 1 amide bonds. The highest BCUT2D eigenvalue weighted by Gasteiger charge is 2.24. The van der Waals surface area contributed by atoms with E-state index in [1.54, 1.807) is 0 Å². The fourth-order valence-corrected chi connectivity index (χ4v) is 4.51. The van der Waals surface area contributed by atoms with Gasteiger partial charge in [-0.2, -0.15) is 0 Å². The van der Waals surface area contributed by atoms with Crippen LogP contribution in [0.5, 0.6) is 0 Å². The zero-order valence-corrected chi connectivity index (χ0v) is 19.0. The summed E-state index contributed by atoms with van der Waals surface area (Å²) < 4.78 is 0. The number of likely N-dealkylation sites (tertiary alicyclic amines) is 1. The number of rotatable bonds is 4. The number of aromatic nitrogens is 2. The lowest BCUT2D eigenvalue weighted by Crippen LogP contribution is -2.44. The van der Waals surface area contributed by atoms with Crippen molar-refractivity contribution < 1.29 is 4.79 Å². The molecule has 7 heteroatoms. The van der Waals surface area contributed by atoms with Crippen molar-refractivity contribution in [3.63, 3.8) is 0 Å². The van der Waals surface area contributed by atoms with Crippen molar-refractivity contribution in [1.82, 2.24) is 19.8 Å². The SMILES string of the molecule is CN(C)C1CCN(C(=O)c2cccc(Nc3ncc4c(n3)-c3ccccc3C=NC4)c2)CC1. The van der Waals surface area contributed by atoms with E-state index in [1.165, 1.54) is 0 Å². The molecule has 7 nitrogen and oxygen atoms in total. The second-order valence-corrected chi connectivity index (χ2v) is 8.82. The first-order chi connectivity index (χ1) is 16.1. The minimum absolute atomic E-state index is 0.0739. The predicted octanol–water partition coefficient (Wildman–Crippen LogP) is 3.99. The van der Waals surface area contributed by atoms with E-state index in [0.717, 1.165) is 54.0 Å².